The summed E-state index contributed by atoms with van der Waals surface area (Å²) in [6.45, 7) is 1.85. The van der Waals surface area contributed by atoms with Gasteiger partial charge in [0.05, 0.1) is 11.9 Å². The van der Waals surface area contributed by atoms with Crippen LogP contribution < -0.4 is 10.6 Å². The van der Waals surface area contributed by atoms with Crippen LogP contribution in [0.15, 0.2) is 40.7 Å². The average molecular weight is 305 g/mol. The quantitative estimate of drug-likeness (QED) is 0.521. The number of ether oxygens (including phenoxy) is 1. The Hall–Kier alpha value is -2.90. The topological polar surface area (TPSA) is 85.8 Å². The monoisotopic (exact) mass is 305 g/mol. The molecule has 0 aliphatic heterocycles. The van der Waals surface area contributed by atoms with E-state index in [4.69, 9.17) is 10.6 Å². The third kappa shape index (κ3) is 4.30. The molecule has 8 heteroatoms. The summed E-state index contributed by atoms with van der Waals surface area (Å²) in [6, 6.07) is 3.45. The summed E-state index contributed by atoms with van der Waals surface area (Å²) < 4.78 is 31.1. The Morgan fingerprint density at radius 1 is 1.27 bits per heavy atom. The number of hydrogen-bond acceptors (Lipinski definition) is 6. The van der Waals surface area contributed by atoms with E-state index in [2.05, 4.69) is 20.1 Å². The van der Waals surface area contributed by atoms with E-state index in [0.717, 1.165) is 17.7 Å². The second-order valence-electron chi connectivity index (χ2n) is 4.31. The Morgan fingerprint density at radius 2 is 2.00 bits per heavy atom. The molecule has 0 radical (unpaired) electrons. The first-order chi connectivity index (χ1) is 10.6. The fraction of sp³-hybridized carbons (Fsp3) is 0.143. The van der Waals surface area contributed by atoms with Crippen LogP contribution in [0.25, 0.3) is 0 Å². The summed E-state index contributed by atoms with van der Waals surface area (Å²) in [5, 5.41) is 3.49. The summed E-state index contributed by atoms with van der Waals surface area (Å²) in [5.41, 5.74) is 1.42. The van der Waals surface area contributed by atoms with E-state index >= 15 is 0 Å². The van der Waals surface area contributed by atoms with Gasteiger partial charge in [0.15, 0.2) is 11.6 Å². The van der Waals surface area contributed by atoms with E-state index in [1.165, 1.54) is 12.3 Å². The molecule has 1 aromatic heterocycles. The lowest BCUT2D eigenvalue weighted by Crippen LogP contribution is -2.16. The van der Waals surface area contributed by atoms with Crippen molar-refractivity contribution in [2.45, 2.75) is 6.92 Å². The van der Waals surface area contributed by atoms with Crippen LogP contribution in [0.3, 0.4) is 0 Å². The van der Waals surface area contributed by atoms with Gasteiger partial charge >= 0.3 is 6.01 Å². The van der Waals surface area contributed by atoms with Gasteiger partial charge in [-0.15, -0.1) is 0 Å². The van der Waals surface area contributed by atoms with Crippen molar-refractivity contribution >= 4 is 17.6 Å². The second-order valence-corrected chi connectivity index (χ2v) is 4.31. The van der Waals surface area contributed by atoms with Gasteiger partial charge in [0.2, 0.25) is 0 Å². The molecule has 114 valence electrons. The molecule has 0 aliphatic carbocycles. The molecule has 0 saturated heterocycles. The van der Waals surface area contributed by atoms with Crippen LogP contribution in [0, 0.1) is 18.6 Å². The van der Waals surface area contributed by atoms with Crippen molar-refractivity contribution in [3.05, 3.63) is 47.8 Å². The highest BCUT2D eigenvalue weighted by Gasteiger charge is 2.03. The largest absolute Gasteiger partial charge is 0.457 e. The van der Waals surface area contributed by atoms with Gasteiger partial charge in [-0.1, -0.05) is 0 Å². The molecule has 2 rings (SSSR count). The Kier molecular flexibility index (Phi) is 5.07. The predicted octanol–water partition coefficient (Wildman–Crippen LogP) is 2.16. The van der Waals surface area contributed by atoms with Gasteiger partial charge in [0, 0.05) is 18.5 Å². The summed E-state index contributed by atoms with van der Waals surface area (Å²) >= 11 is 0. The maximum absolute atomic E-state index is 13.0. The number of nitrogens with zero attached hydrogens (tertiary/aromatic N) is 4. The zero-order chi connectivity index (χ0) is 15.9. The first kappa shape index (κ1) is 15.5. The molecule has 0 fully saturated rings. The van der Waals surface area contributed by atoms with E-state index in [0.29, 0.717) is 0 Å². The number of nitrogens with two attached hydrogens (primary N) is 1. The molecule has 0 saturated carbocycles. The van der Waals surface area contributed by atoms with Gasteiger partial charge in [-0.25, -0.2) is 18.7 Å². The molecule has 6 nitrogen and oxygen atoms in total. The molecular formula is C14H13F2N5O. The highest BCUT2D eigenvalue weighted by molar-refractivity contribution is 6.31. The normalized spacial score (nSPS) is 11.9. The SMILES string of the molecule is Cc1cnc(OCC(C=Nc2ccc(F)c(F)c2)=NN)nc1. The van der Waals surface area contributed by atoms with Crippen molar-refractivity contribution in [1.29, 1.82) is 0 Å². The fourth-order valence-electron chi connectivity index (χ4n) is 1.42. The van der Waals surface area contributed by atoms with Crippen molar-refractivity contribution in [1.82, 2.24) is 9.97 Å². The summed E-state index contributed by atoms with van der Waals surface area (Å²) in [4.78, 5) is 11.9. The lowest BCUT2D eigenvalue weighted by atomic mass is 10.3. The standard InChI is InChI=1S/C14H13F2N5O/c1-9-5-19-14(20-6-9)22-8-11(21-17)7-18-10-2-3-12(15)13(16)4-10/h2-7H,8,17H2,1H3. The third-order valence-corrected chi connectivity index (χ3v) is 2.54. The average Bonchev–Trinajstić information content (AvgIpc) is 2.52. The van der Waals surface area contributed by atoms with Crippen LogP contribution in [0.5, 0.6) is 6.01 Å². The van der Waals surface area contributed by atoms with Crippen molar-refractivity contribution in [3.8, 4) is 6.01 Å². The lowest BCUT2D eigenvalue weighted by molar-refractivity contribution is 0.346. The van der Waals surface area contributed by atoms with Crippen molar-refractivity contribution in [3.63, 3.8) is 0 Å². The summed E-state index contributed by atoms with van der Waals surface area (Å²) in [6.07, 6.45) is 4.51. The number of aryl methyl sites for hydroxylation is 1. The molecule has 0 amide bonds. The van der Waals surface area contributed by atoms with Crippen LogP contribution in [0.2, 0.25) is 0 Å². The maximum Gasteiger partial charge on any atom is 0.316 e. The third-order valence-electron chi connectivity index (χ3n) is 2.54. The molecule has 0 atom stereocenters. The van der Waals surface area contributed by atoms with Crippen LogP contribution in [-0.4, -0.2) is 28.5 Å². The highest BCUT2D eigenvalue weighted by Crippen LogP contribution is 2.15. The van der Waals surface area contributed by atoms with E-state index in [1.54, 1.807) is 12.4 Å². The van der Waals surface area contributed by atoms with Gasteiger partial charge < -0.3 is 10.6 Å². The molecule has 1 aromatic carbocycles. The molecule has 22 heavy (non-hydrogen) atoms. The van der Waals surface area contributed by atoms with Crippen molar-refractivity contribution < 1.29 is 13.5 Å². The van der Waals surface area contributed by atoms with E-state index < -0.39 is 11.6 Å². The maximum atomic E-state index is 13.0. The fourth-order valence-corrected chi connectivity index (χ4v) is 1.42. The number of benzene rings is 1. The molecule has 0 spiro atoms. The number of aromatic nitrogens is 2. The minimum absolute atomic E-state index is 0.00720. The predicted molar refractivity (Wildman–Crippen MR) is 78.4 cm³/mol. The first-order valence-corrected chi connectivity index (χ1v) is 6.26. The number of aliphatic imine (C=N–C) groups is 1. The molecule has 0 bridgehead atoms. The van der Waals surface area contributed by atoms with Gasteiger partial charge in [0.1, 0.15) is 12.3 Å². The van der Waals surface area contributed by atoms with Crippen LogP contribution in [0.1, 0.15) is 5.56 Å². The van der Waals surface area contributed by atoms with Gasteiger partial charge in [-0.2, -0.15) is 5.10 Å². The lowest BCUT2D eigenvalue weighted by Gasteiger charge is -2.03. The van der Waals surface area contributed by atoms with Crippen LogP contribution in [-0.2, 0) is 0 Å². The molecule has 0 unspecified atom stereocenters. The Balaban J connectivity index is 1.98. The minimum Gasteiger partial charge on any atom is -0.457 e. The zero-order valence-electron chi connectivity index (χ0n) is 11.7. The number of hydrazone groups is 1. The van der Waals surface area contributed by atoms with Crippen LogP contribution in [0.4, 0.5) is 14.5 Å². The van der Waals surface area contributed by atoms with E-state index in [1.807, 2.05) is 6.92 Å². The number of rotatable bonds is 5. The van der Waals surface area contributed by atoms with E-state index in [9.17, 15) is 8.78 Å². The smallest absolute Gasteiger partial charge is 0.316 e. The molecule has 1 heterocycles. The van der Waals surface area contributed by atoms with E-state index in [-0.39, 0.29) is 24.0 Å². The second kappa shape index (κ2) is 7.21. The molecule has 2 aromatic rings. The van der Waals surface area contributed by atoms with Gasteiger partial charge in [-0.3, -0.25) is 4.99 Å². The Morgan fingerprint density at radius 3 is 2.64 bits per heavy atom. The zero-order valence-corrected chi connectivity index (χ0v) is 11.7. The van der Waals surface area contributed by atoms with Crippen molar-refractivity contribution in [2.24, 2.45) is 15.9 Å². The summed E-state index contributed by atoms with van der Waals surface area (Å²) in [7, 11) is 0. The summed E-state index contributed by atoms with van der Waals surface area (Å²) in [5.74, 6) is 3.30. The Bertz CT molecular complexity index is 701. The first-order valence-electron chi connectivity index (χ1n) is 6.26. The van der Waals surface area contributed by atoms with Gasteiger partial charge in [-0.05, 0) is 24.6 Å². The van der Waals surface area contributed by atoms with Gasteiger partial charge in [0.25, 0.3) is 0 Å². The highest BCUT2D eigenvalue weighted by atomic mass is 19.2. The van der Waals surface area contributed by atoms with Crippen molar-refractivity contribution in [2.75, 3.05) is 6.61 Å². The molecular weight excluding hydrogens is 292 g/mol. The minimum atomic E-state index is -0.981. The number of halogens is 2. The van der Waals surface area contributed by atoms with Crippen LogP contribution >= 0.6 is 0 Å². The molecule has 2 N–H and O–H groups in total. The Labute approximate surface area is 125 Å². The molecule has 0 aliphatic rings. The number of hydrogen-bond donors (Lipinski definition) is 1.